The molecular weight excluding hydrogens is 440 g/mol. The summed E-state index contributed by atoms with van der Waals surface area (Å²) in [5.41, 5.74) is 0. The van der Waals surface area contributed by atoms with Gasteiger partial charge in [0.2, 0.25) is 0 Å². The Labute approximate surface area is 183 Å². The second kappa shape index (κ2) is 10.4. The van der Waals surface area contributed by atoms with Gasteiger partial charge >= 0.3 is 0 Å². The van der Waals surface area contributed by atoms with Crippen molar-refractivity contribution in [3.8, 4) is 0 Å². The lowest BCUT2D eigenvalue weighted by Gasteiger charge is -2.48. The Morgan fingerprint density at radius 3 is 1.44 bits per heavy atom. The average Bonchev–Trinajstić information content (AvgIpc) is 2.76. The van der Waals surface area contributed by atoms with Gasteiger partial charge in [0.15, 0.2) is 18.9 Å². The third-order valence-electron chi connectivity index (χ3n) is 6.02. The predicted octanol–water partition coefficient (Wildman–Crippen LogP) is -5.52. The van der Waals surface area contributed by atoms with Crippen molar-refractivity contribution in [3.63, 3.8) is 0 Å². The van der Waals surface area contributed by atoms with Crippen molar-refractivity contribution >= 4 is 0 Å². The minimum Gasteiger partial charge on any atom is -0.394 e. The maximum absolute atomic E-state index is 10.6. The van der Waals surface area contributed by atoms with Crippen LogP contribution in [0, 0.1) is 0 Å². The molecule has 0 aromatic rings. The van der Waals surface area contributed by atoms with Gasteiger partial charge in [-0.15, -0.1) is 0 Å². The van der Waals surface area contributed by atoms with Crippen molar-refractivity contribution in [3.05, 3.63) is 0 Å². The number of ether oxygens (including phenoxy) is 5. The first-order chi connectivity index (χ1) is 15.0. The van der Waals surface area contributed by atoms with E-state index in [1.807, 2.05) is 0 Å². The molecule has 0 bridgehead atoms. The van der Waals surface area contributed by atoms with Crippen molar-refractivity contribution in [1.29, 1.82) is 0 Å². The Morgan fingerprint density at radius 1 is 0.562 bits per heavy atom. The van der Waals surface area contributed by atoms with Gasteiger partial charge in [-0.05, 0) is 13.8 Å². The highest BCUT2D eigenvalue weighted by atomic mass is 16.8. The van der Waals surface area contributed by atoms with Gasteiger partial charge in [0.05, 0.1) is 18.8 Å². The highest BCUT2D eigenvalue weighted by molar-refractivity contribution is 4.95. The molecule has 0 spiro atoms. The number of hydrogen-bond acceptors (Lipinski definition) is 14. The summed E-state index contributed by atoms with van der Waals surface area (Å²) >= 11 is 0. The highest BCUT2D eigenvalue weighted by Crippen LogP contribution is 2.32. The van der Waals surface area contributed by atoms with Crippen LogP contribution in [-0.2, 0) is 23.7 Å². The maximum atomic E-state index is 10.6. The highest BCUT2D eigenvalue weighted by Gasteiger charge is 2.53. The Morgan fingerprint density at radius 2 is 1.00 bits per heavy atom. The van der Waals surface area contributed by atoms with Crippen molar-refractivity contribution in [2.45, 2.75) is 106 Å². The summed E-state index contributed by atoms with van der Waals surface area (Å²) in [6.07, 6.45) is -22.6. The summed E-state index contributed by atoms with van der Waals surface area (Å²) in [7, 11) is 0. The lowest BCUT2D eigenvalue weighted by Crippen LogP contribution is -2.66. The van der Waals surface area contributed by atoms with E-state index in [0.717, 1.165) is 0 Å². The Bertz CT molecular complexity index is 610. The third kappa shape index (κ3) is 4.94. The number of aliphatic hydroxyl groups is 9. The molecule has 3 aliphatic rings. The van der Waals surface area contributed by atoms with Crippen LogP contribution in [0.2, 0.25) is 0 Å². The first-order valence-corrected chi connectivity index (χ1v) is 10.3. The minimum absolute atomic E-state index is 0.721. The Balaban J connectivity index is 1.81. The molecule has 3 rings (SSSR count). The fourth-order valence-corrected chi connectivity index (χ4v) is 3.92. The first-order valence-electron chi connectivity index (χ1n) is 10.3. The van der Waals surface area contributed by atoms with Gasteiger partial charge in [-0.25, -0.2) is 0 Å². The molecule has 3 heterocycles. The van der Waals surface area contributed by atoms with E-state index in [0.29, 0.717) is 0 Å². The number of aliphatic hydroxyl groups excluding tert-OH is 9. The van der Waals surface area contributed by atoms with Crippen LogP contribution >= 0.6 is 0 Å². The summed E-state index contributed by atoms with van der Waals surface area (Å²) in [4.78, 5) is 0. The van der Waals surface area contributed by atoms with Gasteiger partial charge in [0, 0.05) is 0 Å². The predicted molar refractivity (Wildman–Crippen MR) is 98.4 cm³/mol. The molecule has 15 atom stereocenters. The van der Waals surface area contributed by atoms with E-state index in [9.17, 15) is 46.0 Å². The van der Waals surface area contributed by atoms with E-state index in [1.54, 1.807) is 0 Å². The summed E-state index contributed by atoms with van der Waals surface area (Å²) < 4.78 is 27.0. The molecule has 0 aliphatic carbocycles. The summed E-state index contributed by atoms with van der Waals surface area (Å²) in [6, 6.07) is 0. The van der Waals surface area contributed by atoms with Gasteiger partial charge < -0.3 is 69.6 Å². The Kier molecular flexibility index (Phi) is 8.44. The molecular formula is C18H32O14. The zero-order valence-corrected chi connectivity index (χ0v) is 17.4. The van der Waals surface area contributed by atoms with E-state index in [2.05, 4.69) is 0 Å². The molecule has 0 amide bonds. The second-order valence-electron chi connectivity index (χ2n) is 8.30. The van der Waals surface area contributed by atoms with Crippen LogP contribution in [0.25, 0.3) is 0 Å². The van der Waals surface area contributed by atoms with Gasteiger partial charge in [-0.3, -0.25) is 0 Å². The van der Waals surface area contributed by atoms with Crippen molar-refractivity contribution < 1.29 is 69.6 Å². The fraction of sp³-hybridized carbons (Fsp3) is 1.00. The summed E-state index contributed by atoms with van der Waals surface area (Å²) in [6.45, 7) is 2.10. The molecule has 0 aromatic carbocycles. The van der Waals surface area contributed by atoms with E-state index >= 15 is 0 Å². The molecule has 0 radical (unpaired) electrons. The van der Waals surface area contributed by atoms with Crippen LogP contribution in [0.15, 0.2) is 0 Å². The third-order valence-corrected chi connectivity index (χ3v) is 6.02. The van der Waals surface area contributed by atoms with Crippen molar-refractivity contribution in [1.82, 2.24) is 0 Å². The summed E-state index contributed by atoms with van der Waals surface area (Å²) in [5, 5.41) is 90.6. The quantitative estimate of drug-likeness (QED) is 0.182. The summed E-state index contributed by atoms with van der Waals surface area (Å²) in [5.74, 6) is 0. The number of rotatable bonds is 5. The second-order valence-corrected chi connectivity index (χ2v) is 8.30. The molecule has 14 nitrogen and oxygen atoms in total. The lowest BCUT2D eigenvalue weighted by molar-refractivity contribution is -0.385. The molecule has 188 valence electrons. The molecule has 3 saturated heterocycles. The maximum Gasteiger partial charge on any atom is 0.187 e. The molecule has 3 fully saturated rings. The first kappa shape index (κ1) is 26.1. The van der Waals surface area contributed by atoms with Crippen LogP contribution in [0.3, 0.4) is 0 Å². The van der Waals surface area contributed by atoms with Crippen LogP contribution in [0.4, 0.5) is 0 Å². The van der Waals surface area contributed by atoms with Crippen LogP contribution in [-0.4, -0.2) is 145 Å². The van der Waals surface area contributed by atoms with Gasteiger partial charge in [-0.1, -0.05) is 0 Å². The van der Waals surface area contributed by atoms with E-state index in [4.69, 9.17) is 23.7 Å². The van der Waals surface area contributed by atoms with Crippen molar-refractivity contribution in [2.24, 2.45) is 0 Å². The molecule has 32 heavy (non-hydrogen) atoms. The Hall–Kier alpha value is -0.560. The van der Waals surface area contributed by atoms with Gasteiger partial charge in [-0.2, -0.15) is 0 Å². The molecule has 14 heteroatoms. The molecule has 3 aliphatic heterocycles. The average molecular weight is 472 g/mol. The minimum atomic E-state index is -1.83. The normalized spacial score (nSPS) is 55.0. The van der Waals surface area contributed by atoms with Crippen LogP contribution in [0.1, 0.15) is 13.8 Å². The monoisotopic (exact) mass is 472 g/mol. The topological polar surface area (TPSA) is 228 Å². The molecule has 0 aromatic heterocycles. The number of hydrogen-bond donors (Lipinski definition) is 9. The zero-order chi connectivity index (χ0) is 23.9. The molecule has 0 unspecified atom stereocenters. The van der Waals surface area contributed by atoms with E-state index in [1.165, 1.54) is 13.8 Å². The lowest BCUT2D eigenvalue weighted by atomic mass is 9.96. The molecule has 9 N–H and O–H groups in total. The van der Waals surface area contributed by atoms with Gasteiger partial charge in [0.25, 0.3) is 0 Å². The SMILES string of the molecule is C[C@@H]1O[C@H](O[C@@H]2[C@@H](O[C@H]3O[C@@H](C)[C@@H](O)[C@@H](O)[C@@H]3O)[C@@H](O)[C@@H](CO)O[C@H]2O)[C@@H](O)[C@H](O)[C@@H]1O. The smallest absolute Gasteiger partial charge is 0.187 e. The van der Waals surface area contributed by atoms with Gasteiger partial charge in [0.1, 0.15) is 61.0 Å². The molecule has 0 saturated carbocycles. The zero-order valence-electron chi connectivity index (χ0n) is 17.4. The van der Waals surface area contributed by atoms with E-state index in [-0.39, 0.29) is 0 Å². The standard InChI is InChI=1S/C18H32O14/c1-4-7(20)10(23)12(25)17(28-4)31-14-9(22)6(3-19)30-16(27)15(14)32-18-13(26)11(24)8(21)5(2)29-18/h4-27H,3H2,1-2H3/t4-,5-,6+,7+,8+,9-,10+,11+,12-,13-,14-,15+,16+,17+,18+/m0/s1. The van der Waals surface area contributed by atoms with Crippen LogP contribution < -0.4 is 0 Å². The van der Waals surface area contributed by atoms with Crippen molar-refractivity contribution in [2.75, 3.05) is 6.61 Å². The van der Waals surface area contributed by atoms with Crippen LogP contribution in [0.5, 0.6) is 0 Å². The fourth-order valence-electron chi connectivity index (χ4n) is 3.92. The van der Waals surface area contributed by atoms with E-state index < -0.39 is 98.7 Å². The largest absolute Gasteiger partial charge is 0.394 e.